The average molecular weight is 477 g/mol. The maximum absolute atomic E-state index is 14.6. The topological polar surface area (TPSA) is 59.1 Å². The molecular weight excluding hydrogens is 455 g/mol. The zero-order valence-corrected chi connectivity index (χ0v) is 19.6. The van der Waals surface area contributed by atoms with Gasteiger partial charge in [0.05, 0.1) is 37.7 Å². The highest BCUT2D eigenvalue weighted by molar-refractivity contribution is 8.03. The predicted molar refractivity (Wildman–Crippen MR) is 123 cm³/mol. The Bertz CT molecular complexity index is 1120. The normalized spacial score (nSPS) is 20.7. The first kappa shape index (κ1) is 22.5. The molecule has 32 heavy (non-hydrogen) atoms. The first-order valence-electron chi connectivity index (χ1n) is 9.92. The minimum atomic E-state index is -0.561. The van der Waals surface area contributed by atoms with Crippen LogP contribution < -0.4 is 14.4 Å². The van der Waals surface area contributed by atoms with Crippen LogP contribution in [-0.2, 0) is 11.3 Å². The third-order valence-corrected chi connectivity index (χ3v) is 7.65. The Labute approximate surface area is 194 Å². The highest BCUT2D eigenvalue weighted by Crippen LogP contribution is 2.49. The SMILES string of the molecule is COc1ccc(N2C(=O)C3C(C)=C(C)SC3N(Cc3c(F)cccc3Cl)C2=O)c(OC)c1. The molecule has 3 amide bonds. The van der Waals surface area contributed by atoms with Gasteiger partial charge >= 0.3 is 6.03 Å². The van der Waals surface area contributed by atoms with Crippen molar-refractivity contribution in [3.63, 3.8) is 0 Å². The van der Waals surface area contributed by atoms with Crippen LogP contribution in [0.15, 0.2) is 46.9 Å². The molecule has 2 aromatic rings. The van der Waals surface area contributed by atoms with Gasteiger partial charge < -0.3 is 14.4 Å². The van der Waals surface area contributed by atoms with Crippen LogP contribution in [0.2, 0.25) is 5.02 Å². The van der Waals surface area contributed by atoms with Crippen LogP contribution in [0.3, 0.4) is 0 Å². The maximum Gasteiger partial charge on any atom is 0.332 e. The minimum absolute atomic E-state index is 0.0681. The summed E-state index contributed by atoms with van der Waals surface area (Å²) in [5, 5.41) is -0.254. The van der Waals surface area contributed by atoms with Crippen molar-refractivity contribution in [3.05, 3.63) is 63.3 Å². The number of hydrogen-bond donors (Lipinski definition) is 0. The molecule has 0 radical (unpaired) electrons. The summed E-state index contributed by atoms with van der Waals surface area (Å²) in [6.07, 6.45) is 0. The Morgan fingerprint density at radius 3 is 2.53 bits per heavy atom. The number of hydrogen-bond acceptors (Lipinski definition) is 5. The van der Waals surface area contributed by atoms with Gasteiger partial charge in [-0.3, -0.25) is 4.79 Å². The number of ether oxygens (including phenoxy) is 2. The van der Waals surface area contributed by atoms with Gasteiger partial charge in [0.15, 0.2) is 0 Å². The number of allylic oxidation sites excluding steroid dienone is 1. The van der Waals surface area contributed by atoms with E-state index in [4.69, 9.17) is 21.1 Å². The zero-order chi connectivity index (χ0) is 23.2. The molecule has 0 bridgehead atoms. The number of benzene rings is 2. The van der Waals surface area contributed by atoms with E-state index in [1.165, 1.54) is 43.0 Å². The fourth-order valence-corrected chi connectivity index (χ4v) is 5.65. The highest BCUT2D eigenvalue weighted by Gasteiger charge is 2.52. The lowest BCUT2D eigenvalue weighted by molar-refractivity contribution is -0.122. The molecule has 2 aliphatic rings. The van der Waals surface area contributed by atoms with Crippen molar-refractivity contribution in [2.24, 2.45) is 5.92 Å². The summed E-state index contributed by atoms with van der Waals surface area (Å²) in [6, 6.07) is 8.71. The first-order chi connectivity index (χ1) is 15.3. The minimum Gasteiger partial charge on any atom is -0.497 e. The van der Waals surface area contributed by atoms with E-state index in [0.29, 0.717) is 17.2 Å². The largest absolute Gasteiger partial charge is 0.497 e. The molecule has 2 unspecified atom stereocenters. The van der Waals surface area contributed by atoms with Crippen LogP contribution in [0.1, 0.15) is 19.4 Å². The Balaban J connectivity index is 1.82. The monoisotopic (exact) mass is 476 g/mol. The van der Waals surface area contributed by atoms with Crippen molar-refractivity contribution in [1.29, 1.82) is 0 Å². The van der Waals surface area contributed by atoms with Crippen molar-refractivity contribution in [1.82, 2.24) is 4.90 Å². The third-order valence-electron chi connectivity index (χ3n) is 5.85. The number of rotatable bonds is 5. The zero-order valence-electron chi connectivity index (χ0n) is 18.0. The van der Waals surface area contributed by atoms with Crippen LogP contribution in [0.25, 0.3) is 0 Å². The Kier molecular flexibility index (Phi) is 6.09. The van der Waals surface area contributed by atoms with Crippen LogP contribution in [-0.4, -0.2) is 36.4 Å². The molecule has 2 atom stereocenters. The lowest BCUT2D eigenvalue weighted by Crippen LogP contribution is -2.60. The number of methoxy groups -OCH3 is 2. The van der Waals surface area contributed by atoms with Gasteiger partial charge in [0.2, 0.25) is 5.91 Å². The van der Waals surface area contributed by atoms with E-state index in [-0.39, 0.29) is 23.0 Å². The van der Waals surface area contributed by atoms with Crippen molar-refractivity contribution in [2.75, 3.05) is 19.1 Å². The molecule has 2 aromatic carbocycles. The van der Waals surface area contributed by atoms with Crippen LogP contribution in [0.4, 0.5) is 14.9 Å². The van der Waals surface area contributed by atoms with E-state index >= 15 is 0 Å². The van der Waals surface area contributed by atoms with Crippen LogP contribution >= 0.6 is 23.4 Å². The van der Waals surface area contributed by atoms with Gasteiger partial charge in [-0.05, 0) is 48.6 Å². The van der Waals surface area contributed by atoms with Crippen LogP contribution in [0, 0.1) is 11.7 Å². The number of carbonyl (C=O) groups is 2. The molecule has 2 aliphatic heterocycles. The number of urea groups is 1. The molecular formula is C23H22ClFN2O4S. The van der Waals surface area contributed by atoms with Crippen molar-refractivity contribution >= 4 is 41.0 Å². The van der Waals surface area contributed by atoms with Crippen molar-refractivity contribution in [3.8, 4) is 11.5 Å². The second kappa shape index (κ2) is 8.67. The average Bonchev–Trinajstić information content (AvgIpc) is 3.07. The second-order valence-electron chi connectivity index (χ2n) is 7.55. The van der Waals surface area contributed by atoms with Gasteiger partial charge in [0.25, 0.3) is 0 Å². The first-order valence-corrected chi connectivity index (χ1v) is 11.2. The molecule has 1 fully saturated rings. The fraction of sp³-hybridized carbons (Fsp3) is 0.304. The van der Waals surface area contributed by atoms with Gasteiger partial charge in [-0.2, -0.15) is 0 Å². The molecule has 0 saturated carbocycles. The molecule has 0 N–H and O–H groups in total. The standard InChI is InChI=1S/C23H22ClFN2O4S/c1-12-13(2)32-22-20(12)21(28)27(18-9-8-14(30-3)10-19(18)31-4)23(29)26(22)11-15-16(24)6-5-7-17(15)25/h5-10,20,22H,11H2,1-4H3. The van der Waals surface area contributed by atoms with E-state index in [1.807, 2.05) is 13.8 Å². The van der Waals surface area contributed by atoms with Crippen molar-refractivity contribution in [2.45, 2.75) is 25.8 Å². The molecule has 0 aliphatic carbocycles. The molecule has 0 spiro atoms. The summed E-state index contributed by atoms with van der Waals surface area (Å²) in [4.78, 5) is 30.8. The molecule has 9 heteroatoms. The fourth-order valence-electron chi connectivity index (χ4n) is 4.00. The molecule has 6 nitrogen and oxygen atoms in total. The summed E-state index contributed by atoms with van der Waals surface area (Å²) < 4.78 is 25.3. The molecule has 0 aromatic heterocycles. The van der Waals surface area contributed by atoms with E-state index in [1.54, 1.807) is 24.3 Å². The second-order valence-corrected chi connectivity index (χ2v) is 9.29. The number of halogens is 2. The van der Waals surface area contributed by atoms with E-state index < -0.39 is 23.1 Å². The summed E-state index contributed by atoms with van der Waals surface area (Å²) >= 11 is 7.69. The number of carbonyl (C=O) groups excluding carboxylic acids is 2. The van der Waals surface area contributed by atoms with Crippen LogP contribution in [0.5, 0.6) is 11.5 Å². The molecule has 2 heterocycles. The van der Waals surface area contributed by atoms with Gasteiger partial charge in [0, 0.05) is 16.7 Å². The van der Waals surface area contributed by atoms with Crippen molar-refractivity contribution < 1.29 is 23.5 Å². The number of anilines is 1. The number of amides is 3. The van der Waals surface area contributed by atoms with Gasteiger partial charge in [-0.15, -0.1) is 11.8 Å². The Hall–Kier alpha value is -2.71. The number of imide groups is 1. The molecule has 1 saturated heterocycles. The molecule has 168 valence electrons. The van der Waals surface area contributed by atoms with E-state index in [2.05, 4.69) is 0 Å². The quantitative estimate of drug-likeness (QED) is 0.574. The van der Waals surface area contributed by atoms with E-state index in [9.17, 15) is 14.0 Å². The molecule has 4 rings (SSSR count). The summed E-state index contributed by atoms with van der Waals surface area (Å²) in [6.45, 7) is 3.74. The van der Waals surface area contributed by atoms with E-state index in [0.717, 1.165) is 15.4 Å². The lowest BCUT2D eigenvalue weighted by atomic mass is 9.95. The lowest BCUT2D eigenvalue weighted by Gasteiger charge is -2.42. The van der Waals surface area contributed by atoms with Gasteiger partial charge in [-0.25, -0.2) is 14.1 Å². The van der Waals surface area contributed by atoms with Gasteiger partial charge in [-0.1, -0.05) is 17.7 Å². The third kappa shape index (κ3) is 3.61. The smallest absolute Gasteiger partial charge is 0.332 e. The number of fused-ring (bicyclic) bond motifs is 1. The Morgan fingerprint density at radius 1 is 1.12 bits per heavy atom. The van der Waals surface area contributed by atoms with Gasteiger partial charge in [0.1, 0.15) is 17.3 Å². The summed E-state index contributed by atoms with van der Waals surface area (Å²) in [5.41, 5.74) is 1.40. The number of thioether (sulfide) groups is 1. The summed E-state index contributed by atoms with van der Waals surface area (Å²) in [5.74, 6) is -0.566. The predicted octanol–water partition coefficient (Wildman–Crippen LogP) is 5.45. The highest BCUT2D eigenvalue weighted by atomic mass is 35.5. The number of nitrogens with zero attached hydrogens (tertiary/aromatic N) is 2. The maximum atomic E-state index is 14.6. The Morgan fingerprint density at radius 2 is 1.88 bits per heavy atom. The summed E-state index contributed by atoms with van der Waals surface area (Å²) in [7, 11) is 2.97.